The number of fused-ring (bicyclic) bond motifs is 7. The molecule has 17 nitrogen and oxygen atoms in total. The minimum absolute atomic E-state index is 0.157. The van der Waals surface area contributed by atoms with Gasteiger partial charge in [-0.3, -0.25) is 0 Å². The normalized spacial score (nSPS) is 60.1. The molecule has 0 aromatic carbocycles. The van der Waals surface area contributed by atoms with Crippen LogP contribution in [0.2, 0.25) is 0 Å². The van der Waals surface area contributed by atoms with Gasteiger partial charge in [0.2, 0.25) is 0 Å². The van der Waals surface area contributed by atoms with Gasteiger partial charge in [-0.15, -0.1) is 0 Å². The molecule has 1 spiro atoms. The highest BCUT2D eigenvalue weighted by atomic mass is 16.8. The second-order valence-electron chi connectivity index (χ2n) is 21.6. The number of ether oxygens (including phenoxy) is 8. The summed E-state index contributed by atoms with van der Waals surface area (Å²) in [7, 11) is 0. The maximum Gasteiger partial charge on any atom is 0.187 e. The summed E-state index contributed by atoms with van der Waals surface area (Å²) in [6.07, 6.45) is -15.4. The Morgan fingerprint density at radius 2 is 1.26 bits per heavy atom. The minimum Gasteiger partial charge on any atom is -0.394 e. The molecule has 5 heterocycles. The molecule has 0 aromatic rings. The first-order valence-electron chi connectivity index (χ1n) is 23.6. The summed E-state index contributed by atoms with van der Waals surface area (Å²) < 4.78 is 49.9. The summed E-state index contributed by atoms with van der Waals surface area (Å²) in [6, 6.07) is 0. The lowest BCUT2D eigenvalue weighted by Crippen LogP contribution is -2.67. The maximum atomic E-state index is 12.1. The average molecular weight is 887 g/mol. The second kappa shape index (κ2) is 17.1. The van der Waals surface area contributed by atoms with Gasteiger partial charge in [-0.25, -0.2) is 0 Å². The Labute approximate surface area is 364 Å². The molecule has 5 saturated heterocycles. The Morgan fingerprint density at radius 3 is 1.87 bits per heavy atom. The summed E-state index contributed by atoms with van der Waals surface area (Å²) in [6.45, 7) is 12.5. The smallest absolute Gasteiger partial charge is 0.187 e. The molecule has 0 aromatic heterocycles. The van der Waals surface area contributed by atoms with E-state index in [0.29, 0.717) is 48.3 Å². The second-order valence-corrected chi connectivity index (χ2v) is 21.6. The first kappa shape index (κ1) is 46.4. The van der Waals surface area contributed by atoms with Gasteiger partial charge in [0, 0.05) is 12.3 Å². The fourth-order valence-electron chi connectivity index (χ4n) is 14.6. The zero-order valence-electron chi connectivity index (χ0n) is 37.0. The van der Waals surface area contributed by atoms with Crippen LogP contribution < -0.4 is 0 Å². The van der Waals surface area contributed by atoms with Crippen LogP contribution in [0.4, 0.5) is 0 Å². The van der Waals surface area contributed by atoms with Crippen molar-refractivity contribution in [3.05, 3.63) is 0 Å². The molecule has 9 rings (SSSR count). The van der Waals surface area contributed by atoms with E-state index in [1.165, 1.54) is 13.8 Å². The molecule has 4 aliphatic carbocycles. The van der Waals surface area contributed by atoms with Crippen molar-refractivity contribution in [1.29, 1.82) is 0 Å². The lowest BCUT2D eigenvalue weighted by molar-refractivity contribution is -0.391. The van der Waals surface area contributed by atoms with Gasteiger partial charge in [-0.2, -0.15) is 0 Å². The van der Waals surface area contributed by atoms with Gasteiger partial charge in [0.25, 0.3) is 0 Å². The van der Waals surface area contributed by atoms with E-state index in [-0.39, 0.29) is 22.9 Å². The lowest BCUT2D eigenvalue weighted by Gasteiger charge is -2.62. The van der Waals surface area contributed by atoms with Crippen LogP contribution in [0.25, 0.3) is 0 Å². The van der Waals surface area contributed by atoms with Crippen LogP contribution in [0.15, 0.2) is 0 Å². The van der Waals surface area contributed by atoms with Crippen molar-refractivity contribution in [2.75, 3.05) is 13.2 Å². The van der Waals surface area contributed by atoms with E-state index in [4.69, 9.17) is 37.9 Å². The van der Waals surface area contributed by atoms with Crippen LogP contribution in [-0.2, 0) is 37.9 Å². The Hall–Kier alpha value is -0.680. The molecule has 9 fully saturated rings. The van der Waals surface area contributed by atoms with Gasteiger partial charge in [-0.1, -0.05) is 27.7 Å². The van der Waals surface area contributed by atoms with E-state index < -0.39 is 117 Å². The van der Waals surface area contributed by atoms with E-state index in [1.54, 1.807) is 0 Å². The molecule has 0 radical (unpaired) electrons. The predicted molar refractivity (Wildman–Crippen MR) is 214 cm³/mol. The van der Waals surface area contributed by atoms with E-state index in [9.17, 15) is 46.0 Å². The van der Waals surface area contributed by atoms with Crippen LogP contribution >= 0.6 is 0 Å². The van der Waals surface area contributed by atoms with Crippen LogP contribution in [0, 0.1) is 52.3 Å². The van der Waals surface area contributed by atoms with Crippen molar-refractivity contribution < 1.29 is 83.9 Å². The summed E-state index contributed by atoms with van der Waals surface area (Å²) in [5.41, 5.74) is 0.000556. The molecule has 4 saturated carbocycles. The highest BCUT2D eigenvalue weighted by Crippen LogP contribution is 2.71. The van der Waals surface area contributed by atoms with Crippen molar-refractivity contribution >= 4 is 0 Å². The zero-order valence-corrected chi connectivity index (χ0v) is 37.0. The van der Waals surface area contributed by atoms with Gasteiger partial charge < -0.3 is 83.9 Å². The van der Waals surface area contributed by atoms with Gasteiger partial charge in [0.05, 0.1) is 43.7 Å². The van der Waals surface area contributed by atoms with Gasteiger partial charge >= 0.3 is 0 Å². The lowest BCUT2D eigenvalue weighted by atomic mass is 9.44. The molecule has 0 amide bonds. The fraction of sp³-hybridized carbons (Fsp3) is 1.00. The van der Waals surface area contributed by atoms with Gasteiger partial charge in [0.15, 0.2) is 24.7 Å². The third kappa shape index (κ3) is 7.47. The number of hydrogen-bond acceptors (Lipinski definition) is 17. The fourth-order valence-corrected chi connectivity index (χ4v) is 14.6. The van der Waals surface area contributed by atoms with Crippen LogP contribution in [0.1, 0.15) is 99.3 Å². The van der Waals surface area contributed by atoms with Crippen molar-refractivity contribution in [3.8, 4) is 0 Å². The Balaban J connectivity index is 0.915. The minimum atomic E-state index is -1.75. The van der Waals surface area contributed by atoms with E-state index in [2.05, 4.69) is 27.7 Å². The van der Waals surface area contributed by atoms with Crippen molar-refractivity contribution in [1.82, 2.24) is 0 Å². The Bertz CT molecular complexity index is 1570. The topological polar surface area (TPSA) is 256 Å². The number of rotatable bonds is 7. The highest BCUT2D eigenvalue weighted by molar-refractivity contribution is 5.16. The molecular formula is C45H74O17. The van der Waals surface area contributed by atoms with E-state index in [0.717, 1.165) is 51.6 Å². The van der Waals surface area contributed by atoms with Crippen molar-refractivity contribution in [2.24, 2.45) is 52.3 Å². The number of hydrogen-bond donors (Lipinski definition) is 9. The maximum absolute atomic E-state index is 12.1. The quantitative estimate of drug-likeness (QED) is 0.156. The summed E-state index contributed by atoms with van der Waals surface area (Å²) >= 11 is 0. The summed E-state index contributed by atoms with van der Waals surface area (Å²) in [4.78, 5) is 0. The Morgan fingerprint density at radius 1 is 0.613 bits per heavy atom. The SMILES string of the molecule is C[C@@H]1CC[C@@]2(OC1)O[C@H]1C[C@H]3[C@@H]4CC[C@H]5C[C@@H](O[C@@H]6O[C@H](CO)[C@H](O[C@H]7O[C@H](C)[C@@H](O)[C@H](O)[C@@H]7O)[C@H](O)[C@H]6O[C@@H]6O[C@@H](C)[C@H](O)[C@@H](O)[C@H]6O)[C@H](O)C[C@]5(C)[C@H]4CC[C@]3(C)[C@H]1[C@@H]2C. The monoisotopic (exact) mass is 886 g/mol. The molecule has 17 heteroatoms. The largest absolute Gasteiger partial charge is 0.394 e. The molecule has 9 N–H and O–H groups in total. The number of aliphatic hydroxyl groups excluding tert-OH is 9. The molecule has 0 unspecified atom stereocenters. The first-order chi connectivity index (χ1) is 29.3. The first-order valence-corrected chi connectivity index (χ1v) is 23.6. The van der Waals surface area contributed by atoms with Crippen molar-refractivity contribution in [2.45, 2.75) is 216 Å². The van der Waals surface area contributed by atoms with Crippen LogP contribution in [-0.4, -0.2) is 175 Å². The average Bonchev–Trinajstić information content (AvgIpc) is 3.69. The number of aliphatic hydroxyl groups is 9. The standard InChI is InChI=1S/C45H74O17/c1-18-9-12-45(55-17-18)19(2)30-28(62-45)14-25-23-8-7-22-13-27(26(47)15-44(22,6)24(23)10-11-43(25,30)5)58-42-39(61-41-36(53)34(51)32(49)21(4)57-41)37(54)38(29(16-46)59-42)60-40-35(52)33(50)31(48)20(3)56-40/h18-42,46-54H,7-17H2,1-6H3/t18-,19+,20-,21+,22+,23-,24+,25+,26-,27-,28+,29-,30+,31-,32+,33+,34-,35+,36-,37+,38+,39-,40-,41+,42-,43+,44+,45-/m1/s1. The Kier molecular flexibility index (Phi) is 12.8. The predicted octanol–water partition coefficient (Wildman–Crippen LogP) is 0.292. The third-order valence-electron chi connectivity index (χ3n) is 18.2. The van der Waals surface area contributed by atoms with Gasteiger partial charge in [0.1, 0.15) is 61.0 Å². The molecule has 0 bridgehead atoms. The summed E-state index contributed by atoms with van der Waals surface area (Å²) in [5, 5.41) is 98.0. The molecule has 5 aliphatic heterocycles. The third-order valence-corrected chi connectivity index (χ3v) is 18.2. The van der Waals surface area contributed by atoms with Crippen LogP contribution in [0.3, 0.4) is 0 Å². The molecule has 28 atom stereocenters. The van der Waals surface area contributed by atoms with E-state index in [1.807, 2.05) is 0 Å². The molecule has 356 valence electrons. The summed E-state index contributed by atoms with van der Waals surface area (Å²) in [5.74, 6) is 2.55. The zero-order chi connectivity index (χ0) is 44.4. The van der Waals surface area contributed by atoms with Crippen LogP contribution in [0.5, 0.6) is 0 Å². The van der Waals surface area contributed by atoms with Gasteiger partial charge in [-0.05, 0) is 112 Å². The van der Waals surface area contributed by atoms with E-state index >= 15 is 0 Å². The van der Waals surface area contributed by atoms with Crippen molar-refractivity contribution in [3.63, 3.8) is 0 Å². The molecular weight excluding hydrogens is 812 g/mol. The highest BCUT2D eigenvalue weighted by Gasteiger charge is 2.69. The molecule has 62 heavy (non-hydrogen) atoms. The molecule has 9 aliphatic rings.